The number of hydrogen-bond acceptors (Lipinski definition) is 5. The van der Waals surface area contributed by atoms with E-state index in [0.717, 1.165) is 30.5 Å². The lowest BCUT2D eigenvalue weighted by Gasteiger charge is -2.12. The fraction of sp³-hybridized carbons (Fsp3) is 0.500. The average molecular weight is 233 g/mol. The summed E-state index contributed by atoms with van der Waals surface area (Å²) in [6.07, 6.45) is 2.17. The quantitative estimate of drug-likeness (QED) is 0.691. The smallest absolute Gasteiger partial charge is 0.144 e. The molecule has 1 heterocycles. The standard InChI is InChI=1S/C12H15N3O2/c13-5-9-4-8-2-1-3-11(8)15-12(9)14-6-10(17)7-16/h4,10,16-17H,1-3,6-7H2,(H,14,15). The minimum Gasteiger partial charge on any atom is -0.394 e. The second-order valence-electron chi connectivity index (χ2n) is 4.17. The van der Waals surface area contributed by atoms with Gasteiger partial charge in [0, 0.05) is 12.2 Å². The molecule has 0 amide bonds. The first-order valence-corrected chi connectivity index (χ1v) is 5.70. The highest BCUT2D eigenvalue weighted by Gasteiger charge is 2.16. The van der Waals surface area contributed by atoms with Crippen molar-refractivity contribution < 1.29 is 10.2 Å². The monoisotopic (exact) mass is 233 g/mol. The normalized spacial score (nSPS) is 15.1. The predicted molar refractivity (Wildman–Crippen MR) is 62.6 cm³/mol. The second kappa shape index (κ2) is 5.13. The van der Waals surface area contributed by atoms with Crippen molar-refractivity contribution in [2.24, 2.45) is 0 Å². The summed E-state index contributed by atoms with van der Waals surface area (Å²) in [7, 11) is 0. The van der Waals surface area contributed by atoms with Crippen molar-refractivity contribution in [1.82, 2.24) is 4.98 Å². The molecule has 5 heteroatoms. The first-order chi connectivity index (χ1) is 8.24. The van der Waals surface area contributed by atoms with E-state index in [0.29, 0.717) is 11.4 Å². The molecule has 0 spiro atoms. The van der Waals surface area contributed by atoms with E-state index in [1.165, 1.54) is 0 Å². The number of rotatable bonds is 4. The zero-order valence-electron chi connectivity index (χ0n) is 9.48. The first-order valence-electron chi connectivity index (χ1n) is 5.70. The summed E-state index contributed by atoms with van der Waals surface area (Å²) in [5.41, 5.74) is 2.68. The van der Waals surface area contributed by atoms with Crippen molar-refractivity contribution >= 4 is 5.82 Å². The summed E-state index contributed by atoms with van der Waals surface area (Å²) < 4.78 is 0. The SMILES string of the molecule is N#Cc1cc2c(nc1NCC(O)CO)CCC2. The number of aromatic nitrogens is 1. The van der Waals surface area contributed by atoms with Crippen molar-refractivity contribution in [3.63, 3.8) is 0 Å². The minimum atomic E-state index is -0.836. The highest BCUT2D eigenvalue weighted by atomic mass is 16.3. The van der Waals surface area contributed by atoms with Gasteiger partial charge < -0.3 is 15.5 Å². The highest BCUT2D eigenvalue weighted by Crippen LogP contribution is 2.24. The van der Waals surface area contributed by atoms with Crippen LogP contribution in [0.15, 0.2) is 6.07 Å². The van der Waals surface area contributed by atoms with E-state index in [4.69, 9.17) is 10.4 Å². The molecule has 90 valence electrons. The zero-order valence-corrected chi connectivity index (χ0v) is 9.48. The van der Waals surface area contributed by atoms with Gasteiger partial charge in [0.1, 0.15) is 11.9 Å². The van der Waals surface area contributed by atoms with Crippen LogP contribution in [0.5, 0.6) is 0 Å². The van der Waals surface area contributed by atoms with Crippen LogP contribution < -0.4 is 5.32 Å². The maximum absolute atomic E-state index is 9.25. The van der Waals surface area contributed by atoms with Gasteiger partial charge >= 0.3 is 0 Å². The van der Waals surface area contributed by atoms with Crippen LogP contribution in [0.1, 0.15) is 23.2 Å². The van der Waals surface area contributed by atoms with Gasteiger partial charge in [0.15, 0.2) is 0 Å². The van der Waals surface area contributed by atoms with Gasteiger partial charge in [-0.3, -0.25) is 0 Å². The Kier molecular flexibility index (Phi) is 3.57. The number of fused-ring (bicyclic) bond motifs is 1. The second-order valence-corrected chi connectivity index (χ2v) is 4.17. The van der Waals surface area contributed by atoms with Gasteiger partial charge in [0.2, 0.25) is 0 Å². The van der Waals surface area contributed by atoms with E-state index < -0.39 is 6.10 Å². The van der Waals surface area contributed by atoms with Crippen LogP contribution in [0.3, 0.4) is 0 Å². The lowest BCUT2D eigenvalue weighted by atomic mass is 10.1. The van der Waals surface area contributed by atoms with E-state index in [1.54, 1.807) is 0 Å². The van der Waals surface area contributed by atoms with E-state index in [9.17, 15) is 5.11 Å². The summed E-state index contributed by atoms with van der Waals surface area (Å²) in [5, 5.41) is 29.9. The number of hydrogen-bond donors (Lipinski definition) is 3. The molecule has 1 atom stereocenters. The summed E-state index contributed by atoms with van der Waals surface area (Å²) in [6, 6.07) is 3.96. The Morgan fingerprint density at radius 3 is 3.06 bits per heavy atom. The van der Waals surface area contributed by atoms with Crippen LogP contribution in [-0.4, -0.2) is 34.5 Å². The van der Waals surface area contributed by atoms with Crippen LogP contribution in [-0.2, 0) is 12.8 Å². The molecule has 2 rings (SSSR count). The van der Waals surface area contributed by atoms with Crippen LogP contribution in [0.25, 0.3) is 0 Å². The Labute approximate surface area is 99.7 Å². The molecule has 1 aliphatic rings. The number of nitriles is 1. The third kappa shape index (κ3) is 2.54. The molecule has 1 aliphatic carbocycles. The van der Waals surface area contributed by atoms with E-state index in [1.807, 2.05) is 6.07 Å². The molecule has 1 aromatic rings. The van der Waals surface area contributed by atoms with Gasteiger partial charge in [-0.05, 0) is 30.9 Å². The Hall–Kier alpha value is -1.64. The molecule has 17 heavy (non-hydrogen) atoms. The number of aryl methyl sites for hydroxylation is 2. The molecule has 3 N–H and O–H groups in total. The number of aliphatic hydroxyl groups is 2. The topological polar surface area (TPSA) is 89.2 Å². The van der Waals surface area contributed by atoms with Crippen molar-refractivity contribution in [1.29, 1.82) is 5.26 Å². The fourth-order valence-electron chi connectivity index (χ4n) is 1.97. The third-order valence-corrected chi connectivity index (χ3v) is 2.89. The number of aliphatic hydroxyl groups excluding tert-OH is 2. The number of nitrogens with zero attached hydrogens (tertiary/aromatic N) is 2. The molecule has 0 aliphatic heterocycles. The first kappa shape index (κ1) is 11.8. The Morgan fingerprint density at radius 1 is 1.53 bits per heavy atom. The molecule has 0 radical (unpaired) electrons. The van der Waals surface area contributed by atoms with Gasteiger partial charge in [-0.2, -0.15) is 5.26 Å². The Bertz CT molecular complexity index is 454. The number of pyridine rings is 1. The average Bonchev–Trinajstić information content (AvgIpc) is 2.81. The Balaban J connectivity index is 2.18. The van der Waals surface area contributed by atoms with Crippen molar-refractivity contribution in [3.8, 4) is 6.07 Å². The minimum absolute atomic E-state index is 0.191. The van der Waals surface area contributed by atoms with Crippen molar-refractivity contribution in [2.75, 3.05) is 18.5 Å². The van der Waals surface area contributed by atoms with E-state index in [-0.39, 0.29) is 13.2 Å². The molecule has 0 bridgehead atoms. The van der Waals surface area contributed by atoms with Gasteiger partial charge in [-0.1, -0.05) is 0 Å². The van der Waals surface area contributed by atoms with Gasteiger partial charge in [0.25, 0.3) is 0 Å². The maximum Gasteiger partial charge on any atom is 0.144 e. The maximum atomic E-state index is 9.25. The van der Waals surface area contributed by atoms with Crippen LogP contribution >= 0.6 is 0 Å². The molecule has 0 aromatic carbocycles. The molecule has 0 fully saturated rings. The number of anilines is 1. The fourth-order valence-corrected chi connectivity index (χ4v) is 1.97. The van der Waals surface area contributed by atoms with Gasteiger partial charge in [0.05, 0.1) is 18.3 Å². The summed E-state index contributed by atoms with van der Waals surface area (Å²) in [4.78, 5) is 4.40. The van der Waals surface area contributed by atoms with Crippen LogP contribution in [0.2, 0.25) is 0 Å². The van der Waals surface area contributed by atoms with Crippen LogP contribution in [0, 0.1) is 11.3 Å². The third-order valence-electron chi connectivity index (χ3n) is 2.89. The van der Waals surface area contributed by atoms with Crippen LogP contribution in [0.4, 0.5) is 5.82 Å². The summed E-state index contributed by atoms with van der Waals surface area (Å²) in [6.45, 7) is -0.114. The molecular formula is C12H15N3O2. The highest BCUT2D eigenvalue weighted by molar-refractivity contribution is 5.55. The van der Waals surface area contributed by atoms with E-state index in [2.05, 4.69) is 16.4 Å². The van der Waals surface area contributed by atoms with Gasteiger partial charge in [-0.25, -0.2) is 4.98 Å². The lowest BCUT2D eigenvalue weighted by Crippen LogP contribution is -2.24. The molecule has 0 saturated carbocycles. The molecule has 0 saturated heterocycles. The molecular weight excluding hydrogens is 218 g/mol. The molecule has 1 aromatic heterocycles. The van der Waals surface area contributed by atoms with E-state index >= 15 is 0 Å². The lowest BCUT2D eigenvalue weighted by molar-refractivity contribution is 0.105. The Morgan fingerprint density at radius 2 is 2.35 bits per heavy atom. The summed E-state index contributed by atoms with van der Waals surface area (Å²) >= 11 is 0. The largest absolute Gasteiger partial charge is 0.394 e. The summed E-state index contributed by atoms with van der Waals surface area (Å²) in [5.74, 6) is 0.501. The zero-order chi connectivity index (χ0) is 12.3. The van der Waals surface area contributed by atoms with Crippen molar-refractivity contribution in [3.05, 3.63) is 22.9 Å². The number of nitrogens with one attached hydrogen (secondary N) is 1. The van der Waals surface area contributed by atoms with Crippen molar-refractivity contribution in [2.45, 2.75) is 25.4 Å². The predicted octanol–water partition coefficient (Wildman–Crippen LogP) is 0.207. The molecule has 5 nitrogen and oxygen atoms in total. The molecule has 1 unspecified atom stereocenters. The van der Waals surface area contributed by atoms with Gasteiger partial charge in [-0.15, -0.1) is 0 Å².